The van der Waals surface area contributed by atoms with Gasteiger partial charge in [-0.15, -0.1) is 0 Å². The molecule has 0 fully saturated rings. The van der Waals surface area contributed by atoms with Crippen LogP contribution in [0.3, 0.4) is 0 Å². The number of rotatable bonds is 14. The smallest absolute Gasteiger partial charge is 0.489 e. The minimum atomic E-state index is -5.08. The molecule has 0 heterocycles. The fraction of sp³-hybridized carbons (Fsp3) is 0.548. The van der Waals surface area contributed by atoms with Crippen LogP contribution in [0.15, 0.2) is 36.4 Å². The number of carbonyl (C=O) groups is 2. The summed E-state index contributed by atoms with van der Waals surface area (Å²) >= 11 is 12.9. The van der Waals surface area contributed by atoms with E-state index in [1.54, 1.807) is 13.0 Å². The molecule has 0 unspecified atom stereocenters. The Morgan fingerprint density at radius 3 is 2.21 bits per heavy atom. The van der Waals surface area contributed by atoms with Crippen LogP contribution >= 0.6 is 23.2 Å². The van der Waals surface area contributed by atoms with Crippen LogP contribution in [0, 0.1) is 5.92 Å². The van der Waals surface area contributed by atoms with E-state index in [0.29, 0.717) is 47.7 Å². The first kappa shape index (κ1) is 36.7. The van der Waals surface area contributed by atoms with Gasteiger partial charge in [-0.25, -0.2) is 4.79 Å². The normalized spacial score (nSPS) is 14.0. The van der Waals surface area contributed by atoms with Crippen LogP contribution in [-0.4, -0.2) is 59.7 Å². The Balaban J connectivity index is 0.000000821. The maximum absolute atomic E-state index is 11.5. The van der Waals surface area contributed by atoms with Crippen LogP contribution in [0.4, 0.5) is 13.2 Å². The predicted molar refractivity (Wildman–Crippen MR) is 160 cm³/mol. The number of aryl methyl sites for hydroxylation is 1. The number of unbranched alkanes of at least 4 members (excludes halogenated alkanes) is 1. The molecule has 240 valence electrons. The second kappa shape index (κ2) is 17.1. The SMILES string of the molecule is CCOC(=O)CCCCc1ccc(OC[C@H](O)CNC(C)(C)CC2Cc3ccccc3C2)c(Cl)c1Cl.O=C(O)C(F)(F)F. The first-order valence-corrected chi connectivity index (χ1v) is 14.9. The summed E-state index contributed by atoms with van der Waals surface area (Å²) in [7, 11) is 0. The summed E-state index contributed by atoms with van der Waals surface area (Å²) in [5, 5.41) is 22.0. The summed E-state index contributed by atoms with van der Waals surface area (Å²) in [6, 6.07) is 12.4. The third-order valence-electron chi connectivity index (χ3n) is 6.93. The Morgan fingerprint density at radius 2 is 1.65 bits per heavy atom. The first-order valence-electron chi connectivity index (χ1n) is 14.2. The van der Waals surface area contributed by atoms with Crippen LogP contribution in [0.25, 0.3) is 0 Å². The number of carboxylic acid groups (broad SMARTS) is 1. The molecule has 12 heteroatoms. The zero-order valence-corrected chi connectivity index (χ0v) is 26.1. The fourth-order valence-corrected chi connectivity index (χ4v) is 5.41. The lowest BCUT2D eigenvalue weighted by Gasteiger charge is -2.30. The van der Waals surface area contributed by atoms with Gasteiger partial charge < -0.3 is 25.0 Å². The Morgan fingerprint density at radius 1 is 1.05 bits per heavy atom. The topological polar surface area (TPSA) is 105 Å². The van der Waals surface area contributed by atoms with E-state index >= 15 is 0 Å². The molecule has 0 spiro atoms. The number of esters is 1. The Kier molecular flexibility index (Phi) is 14.6. The third-order valence-corrected chi connectivity index (χ3v) is 7.84. The van der Waals surface area contributed by atoms with Crippen LogP contribution in [0.1, 0.15) is 63.1 Å². The first-order chi connectivity index (χ1) is 20.1. The molecule has 2 aromatic carbocycles. The molecule has 0 amide bonds. The van der Waals surface area contributed by atoms with Gasteiger partial charge in [-0.3, -0.25) is 4.79 Å². The van der Waals surface area contributed by atoms with E-state index < -0.39 is 18.2 Å². The number of fused-ring (bicyclic) bond motifs is 1. The van der Waals surface area contributed by atoms with Gasteiger partial charge in [-0.2, -0.15) is 13.2 Å². The molecular formula is C31H40Cl2F3NO6. The van der Waals surface area contributed by atoms with Gasteiger partial charge in [-0.1, -0.05) is 53.5 Å². The molecule has 3 rings (SSSR count). The van der Waals surface area contributed by atoms with Gasteiger partial charge in [0.1, 0.15) is 23.5 Å². The van der Waals surface area contributed by atoms with E-state index in [0.717, 1.165) is 37.7 Å². The summed E-state index contributed by atoms with van der Waals surface area (Å²) in [5.74, 6) is -1.86. The number of benzene rings is 2. The van der Waals surface area contributed by atoms with E-state index in [2.05, 4.69) is 43.4 Å². The summed E-state index contributed by atoms with van der Waals surface area (Å²) in [6.45, 7) is 7.12. The molecule has 7 nitrogen and oxygen atoms in total. The number of carbonyl (C=O) groups excluding carboxylic acids is 1. The molecule has 0 radical (unpaired) electrons. The predicted octanol–water partition coefficient (Wildman–Crippen LogP) is 6.82. The molecule has 1 aliphatic carbocycles. The van der Waals surface area contributed by atoms with Gasteiger partial charge in [0.2, 0.25) is 0 Å². The molecular weight excluding hydrogens is 610 g/mol. The molecule has 1 aliphatic rings. The fourth-order valence-electron chi connectivity index (χ4n) is 4.92. The summed E-state index contributed by atoms with van der Waals surface area (Å²) in [5.41, 5.74) is 3.75. The molecule has 1 atom stereocenters. The van der Waals surface area contributed by atoms with Gasteiger partial charge in [0, 0.05) is 18.5 Å². The van der Waals surface area contributed by atoms with E-state index in [1.807, 2.05) is 6.07 Å². The van der Waals surface area contributed by atoms with Gasteiger partial charge in [0.05, 0.1) is 11.6 Å². The quantitative estimate of drug-likeness (QED) is 0.152. The van der Waals surface area contributed by atoms with Crippen molar-refractivity contribution in [3.05, 3.63) is 63.1 Å². The number of aliphatic hydroxyl groups is 1. The highest BCUT2D eigenvalue weighted by Gasteiger charge is 2.38. The number of ether oxygens (including phenoxy) is 2. The van der Waals surface area contributed by atoms with Crippen molar-refractivity contribution in [1.29, 1.82) is 0 Å². The molecule has 0 bridgehead atoms. The summed E-state index contributed by atoms with van der Waals surface area (Å²) in [6.07, 6.45) is 0.168. The number of β-amino-alcohol motifs (C(OH)–C–C–N with tert-alkyl or cyclic N) is 1. The maximum atomic E-state index is 11.5. The number of aliphatic carboxylic acids is 1. The maximum Gasteiger partial charge on any atom is 0.490 e. The third kappa shape index (κ3) is 12.9. The second-order valence-electron chi connectivity index (χ2n) is 11.1. The average Bonchev–Trinajstić information content (AvgIpc) is 3.33. The van der Waals surface area contributed by atoms with Gasteiger partial charge in [0.25, 0.3) is 0 Å². The molecule has 3 N–H and O–H groups in total. The Bertz CT molecular complexity index is 1180. The van der Waals surface area contributed by atoms with Crippen LogP contribution in [-0.2, 0) is 33.6 Å². The largest absolute Gasteiger partial charge is 0.490 e. The highest BCUT2D eigenvalue weighted by Crippen LogP contribution is 2.36. The lowest BCUT2D eigenvalue weighted by Crippen LogP contribution is -2.46. The highest BCUT2D eigenvalue weighted by molar-refractivity contribution is 6.43. The van der Waals surface area contributed by atoms with E-state index in [4.69, 9.17) is 42.6 Å². The number of hydrogen-bond acceptors (Lipinski definition) is 6. The van der Waals surface area contributed by atoms with Crippen molar-refractivity contribution in [2.24, 2.45) is 5.92 Å². The number of hydrogen-bond donors (Lipinski definition) is 3. The second-order valence-corrected chi connectivity index (χ2v) is 11.9. The van der Waals surface area contributed by atoms with Crippen molar-refractivity contribution in [1.82, 2.24) is 5.32 Å². The molecule has 43 heavy (non-hydrogen) atoms. The number of halogens is 5. The van der Waals surface area contributed by atoms with Crippen LogP contribution in [0.2, 0.25) is 10.0 Å². The molecule has 0 saturated heterocycles. The molecule has 0 aliphatic heterocycles. The van der Waals surface area contributed by atoms with Crippen LogP contribution < -0.4 is 10.1 Å². The number of carboxylic acids is 1. The average molecular weight is 651 g/mol. The summed E-state index contributed by atoms with van der Waals surface area (Å²) in [4.78, 5) is 20.4. The Hall–Kier alpha value is -2.53. The van der Waals surface area contributed by atoms with E-state index in [9.17, 15) is 23.1 Å². The lowest BCUT2D eigenvalue weighted by atomic mass is 9.88. The minimum Gasteiger partial charge on any atom is -0.489 e. The molecule has 2 aromatic rings. The number of aliphatic hydroxyl groups excluding tert-OH is 1. The monoisotopic (exact) mass is 649 g/mol. The van der Waals surface area contributed by atoms with E-state index in [1.165, 1.54) is 11.1 Å². The minimum absolute atomic E-state index is 0.0937. The van der Waals surface area contributed by atoms with Crippen molar-refractivity contribution < 1.29 is 42.4 Å². The molecule has 0 saturated carbocycles. The van der Waals surface area contributed by atoms with Crippen molar-refractivity contribution in [2.75, 3.05) is 19.8 Å². The van der Waals surface area contributed by atoms with Crippen molar-refractivity contribution in [2.45, 2.75) is 83.5 Å². The standard InChI is InChI=1S/C29H39Cl2NO4.C2HF3O2/c1-4-35-26(34)12-8-7-9-21-13-14-25(28(31)27(21)30)36-19-24(33)18-32-29(2,3)17-20-15-22-10-5-6-11-23(22)16-20;3-2(4,5)1(6)7/h5-6,10-11,13-14,20,24,32-33H,4,7-9,12,15-19H2,1-3H3;(H,6,7)/t24-;/m1./s1. The van der Waals surface area contributed by atoms with Crippen LogP contribution in [0.5, 0.6) is 5.75 Å². The van der Waals surface area contributed by atoms with Crippen molar-refractivity contribution in [3.63, 3.8) is 0 Å². The van der Waals surface area contributed by atoms with Gasteiger partial charge >= 0.3 is 18.1 Å². The van der Waals surface area contributed by atoms with Gasteiger partial charge in [-0.05, 0) is 88.0 Å². The highest BCUT2D eigenvalue weighted by atomic mass is 35.5. The Labute approximate surface area is 260 Å². The molecule has 0 aromatic heterocycles. The zero-order chi connectivity index (χ0) is 32.2. The number of alkyl halides is 3. The van der Waals surface area contributed by atoms with Crippen molar-refractivity contribution in [3.8, 4) is 5.75 Å². The number of nitrogens with one attached hydrogen (secondary N) is 1. The van der Waals surface area contributed by atoms with Gasteiger partial charge in [0.15, 0.2) is 0 Å². The zero-order valence-electron chi connectivity index (χ0n) is 24.6. The van der Waals surface area contributed by atoms with E-state index in [-0.39, 0.29) is 18.1 Å². The summed E-state index contributed by atoms with van der Waals surface area (Å²) < 4.78 is 42.5. The lowest BCUT2D eigenvalue weighted by molar-refractivity contribution is -0.192. The van der Waals surface area contributed by atoms with Crippen molar-refractivity contribution >= 4 is 35.1 Å².